The van der Waals surface area contributed by atoms with Crippen molar-refractivity contribution in [1.82, 2.24) is 0 Å². The first-order chi connectivity index (χ1) is 10.5. The van der Waals surface area contributed by atoms with E-state index in [9.17, 15) is 4.39 Å². The first-order valence-corrected chi connectivity index (χ1v) is 6.86. The highest BCUT2D eigenvalue weighted by Crippen LogP contribution is 2.41. The molecule has 1 aliphatic rings. The van der Waals surface area contributed by atoms with Gasteiger partial charge in [0.15, 0.2) is 5.66 Å². The molecule has 114 valence electrons. The van der Waals surface area contributed by atoms with Gasteiger partial charge < -0.3 is 15.8 Å². The monoisotopic (exact) mass is 320 g/mol. The van der Waals surface area contributed by atoms with Crippen molar-refractivity contribution in [2.24, 2.45) is 10.7 Å². The lowest BCUT2D eigenvalue weighted by Gasteiger charge is -2.32. The van der Waals surface area contributed by atoms with Crippen LogP contribution in [0.2, 0.25) is 5.02 Å². The van der Waals surface area contributed by atoms with Crippen molar-refractivity contribution in [3.8, 4) is 5.75 Å². The van der Waals surface area contributed by atoms with Crippen LogP contribution in [0.5, 0.6) is 5.75 Å². The number of nitrogen functional groups attached to an aromatic ring is 1. The van der Waals surface area contributed by atoms with Crippen LogP contribution in [0.4, 0.5) is 15.8 Å². The van der Waals surface area contributed by atoms with Crippen LogP contribution in [0.15, 0.2) is 35.3 Å². The maximum Gasteiger partial charge on any atom is 0.166 e. The summed E-state index contributed by atoms with van der Waals surface area (Å²) in [7, 11) is 1.52. The molecule has 3 rings (SSSR count). The number of anilines is 2. The molecular weight excluding hydrogens is 307 g/mol. The zero-order chi connectivity index (χ0) is 15.9. The van der Waals surface area contributed by atoms with E-state index in [1.54, 1.807) is 24.3 Å². The first-order valence-electron chi connectivity index (χ1n) is 6.49. The zero-order valence-electron chi connectivity index (χ0n) is 11.7. The fraction of sp³-hybridized carbons (Fsp3) is 0.133. The lowest BCUT2D eigenvalue weighted by Crippen LogP contribution is -2.40. The van der Waals surface area contributed by atoms with Crippen LogP contribution in [0.3, 0.4) is 0 Å². The Morgan fingerprint density at radius 3 is 2.82 bits per heavy atom. The van der Waals surface area contributed by atoms with Crippen molar-refractivity contribution in [1.29, 1.82) is 0 Å². The predicted molar refractivity (Wildman–Crippen MR) is 85.9 cm³/mol. The summed E-state index contributed by atoms with van der Waals surface area (Å²) < 4.78 is 19.6. The molecular formula is C15H14ClFN4O. The maximum absolute atomic E-state index is 14.4. The number of fused-ring (bicyclic) bond motifs is 1. The molecule has 0 saturated carbocycles. The molecule has 0 fully saturated rings. The van der Waals surface area contributed by atoms with Crippen molar-refractivity contribution in [3.05, 3.63) is 52.3 Å². The van der Waals surface area contributed by atoms with E-state index in [0.717, 1.165) is 0 Å². The van der Waals surface area contributed by atoms with E-state index in [1.165, 1.54) is 19.5 Å². The van der Waals surface area contributed by atoms with Gasteiger partial charge in [-0.1, -0.05) is 23.7 Å². The SMILES string of the molecule is COc1cc2c(cc1N)C(N)(c1cccc(Cl)c1F)N=CN2. The van der Waals surface area contributed by atoms with Gasteiger partial charge in [0.25, 0.3) is 0 Å². The van der Waals surface area contributed by atoms with E-state index >= 15 is 0 Å². The van der Waals surface area contributed by atoms with Gasteiger partial charge in [-0.05, 0) is 12.1 Å². The molecule has 1 heterocycles. The molecule has 2 aromatic rings. The number of hydrogen-bond acceptors (Lipinski definition) is 5. The van der Waals surface area contributed by atoms with Gasteiger partial charge >= 0.3 is 0 Å². The molecule has 22 heavy (non-hydrogen) atoms. The lowest BCUT2D eigenvalue weighted by atomic mass is 9.89. The van der Waals surface area contributed by atoms with Crippen molar-refractivity contribution < 1.29 is 9.13 Å². The predicted octanol–water partition coefficient (Wildman–Crippen LogP) is 2.68. The summed E-state index contributed by atoms with van der Waals surface area (Å²) in [6.45, 7) is 0. The number of hydrogen-bond donors (Lipinski definition) is 3. The van der Waals surface area contributed by atoms with Gasteiger partial charge in [0.1, 0.15) is 11.6 Å². The molecule has 2 aromatic carbocycles. The normalized spacial score (nSPS) is 19.5. The molecule has 5 N–H and O–H groups in total. The quantitative estimate of drug-likeness (QED) is 0.743. The number of nitrogens with zero attached hydrogens (tertiary/aromatic N) is 1. The number of benzene rings is 2. The Hall–Kier alpha value is -2.31. The molecule has 1 atom stereocenters. The molecule has 1 aliphatic heterocycles. The molecule has 0 saturated heterocycles. The Labute approximate surface area is 131 Å². The minimum absolute atomic E-state index is 0.0147. The Morgan fingerprint density at radius 2 is 2.09 bits per heavy atom. The van der Waals surface area contributed by atoms with Crippen LogP contribution >= 0.6 is 11.6 Å². The Balaban J connectivity index is 2.25. The van der Waals surface area contributed by atoms with Gasteiger partial charge in [0.05, 0.1) is 29.8 Å². The third-order valence-corrected chi connectivity index (χ3v) is 3.92. The highest BCUT2D eigenvalue weighted by Gasteiger charge is 2.37. The standard InChI is InChI=1S/C15H14ClFN4O/c1-22-13-6-12-9(5-11(13)18)15(19,21-7-20-12)8-3-2-4-10(16)14(8)17/h2-7H,18-19H2,1H3,(H,20,21). The minimum atomic E-state index is -1.42. The number of aliphatic imine (C=N–C) groups is 1. The summed E-state index contributed by atoms with van der Waals surface area (Å²) in [6.07, 6.45) is 1.41. The molecule has 5 nitrogen and oxygen atoms in total. The Bertz CT molecular complexity index is 780. The molecule has 1 unspecified atom stereocenters. The number of methoxy groups -OCH3 is 1. The van der Waals surface area contributed by atoms with Crippen LogP contribution in [0, 0.1) is 5.82 Å². The summed E-state index contributed by atoms with van der Waals surface area (Å²) in [5.41, 5.74) is 12.6. The Kier molecular flexibility index (Phi) is 3.42. The van der Waals surface area contributed by atoms with Crippen molar-refractivity contribution in [2.45, 2.75) is 5.66 Å². The number of nitrogens with two attached hydrogens (primary N) is 2. The number of ether oxygens (including phenoxy) is 1. The third kappa shape index (κ3) is 2.08. The number of rotatable bonds is 2. The average Bonchev–Trinajstić information content (AvgIpc) is 2.50. The third-order valence-electron chi connectivity index (χ3n) is 3.63. The van der Waals surface area contributed by atoms with Crippen LogP contribution < -0.4 is 21.5 Å². The second-order valence-corrected chi connectivity index (χ2v) is 5.32. The Morgan fingerprint density at radius 1 is 1.32 bits per heavy atom. The van der Waals surface area contributed by atoms with Crippen molar-refractivity contribution in [2.75, 3.05) is 18.2 Å². The highest BCUT2D eigenvalue weighted by molar-refractivity contribution is 6.30. The number of halogens is 2. The fourth-order valence-corrected chi connectivity index (χ4v) is 2.67. The van der Waals surface area contributed by atoms with Crippen LogP contribution in [-0.2, 0) is 5.66 Å². The maximum atomic E-state index is 14.4. The zero-order valence-corrected chi connectivity index (χ0v) is 12.5. The fourth-order valence-electron chi connectivity index (χ4n) is 2.49. The molecule has 0 bridgehead atoms. The van der Waals surface area contributed by atoms with E-state index in [-0.39, 0.29) is 10.6 Å². The van der Waals surface area contributed by atoms with E-state index < -0.39 is 11.5 Å². The molecule has 0 aliphatic carbocycles. The summed E-state index contributed by atoms with van der Waals surface area (Å²) >= 11 is 5.86. The van der Waals surface area contributed by atoms with Gasteiger partial charge in [-0.25, -0.2) is 9.38 Å². The minimum Gasteiger partial charge on any atom is -0.495 e. The molecule has 0 radical (unpaired) electrons. The second kappa shape index (κ2) is 5.15. The average molecular weight is 321 g/mol. The van der Waals surface area contributed by atoms with E-state index in [4.69, 9.17) is 27.8 Å². The van der Waals surface area contributed by atoms with Crippen LogP contribution in [0.1, 0.15) is 11.1 Å². The number of nitrogens with one attached hydrogen (secondary N) is 1. The highest BCUT2D eigenvalue weighted by atomic mass is 35.5. The largest absolute Gasteiger partial charge is 0.495 e. The summed E-state index contributed by atoms with van der Waals surface area (Å²) in [6, 6.07) is 7.95. The van der Waals surface area contributed by atoms with E-state index in [0.29, 0.717) is 22.7 Å². The van der Waals surface area contributed by atoms with Crippen LogP contribution in [0.25, 0.3) is 0 Å². The van der Waals surface area contributed by atoms with Crippen molar-refractivity contribution in [3.63, 3.8) is 0 Å². The molecule has 0 amide bonds. The summed E-state index contributed by atoms with van der Waals surface area (Å²) in [5.74, 6) is -0.110. The lowest BCUT2D eigenvalue weighted by molar-refractivity contribution is 0.416. The van der Waals surface area contributed by atoms with E-state index in [2.05, 4.69) is 10.3 Å². The van der Waals surface area contributed by atoms with Crippen LogP contribution in [-0.4, -0.2) is 13.4 Å². The first kappa shape index (κ1) is 14.6. The summed E-state index contributed by atoms with van der Waals surface area (Å²) in [4.78, 5) is 4.22. The van der Waals surface area contributed by atoms with Gasteiger partial charge in [0.2, 0.25) is 0 Å². The molecule has 0 spiro atoms. The van der Waals surface area contributed by atoms with E-state index in [1.807, 2.05) is 0 Å². The molecule has 0 aromatic heterocycles. The second-order valence-electron chi connectivity index (χ2n) is 4.91. The smallest absolute Gasteiger partial charge is 0.166 e. The van der Waals surface area contributed by atoms with Gasteiger partial charge in [0, 0.05) is 17.2 Å². The molecule has 7 heteroatoms. The van der Waals surface area contributed by atoms with Gasteiger partial charge in [-0.2, -0.15) is 0 Å². The van der Waals surface area contributed by atoms with Crippen molar-refractivity contribution >= 4 is 29.3 Å². The van der Waals surface area contributed by atoms with Gasteiger partial charge in [-0.15, -0.1) is 0 Å². The topological polar surface area (TPSA) is 85.7 Å². The summed E-state index contributed by atoms with van der Waals surface area (Å²) in [5, 5.41) is 2.95. The van der Waals surface area contributed by atoms with Gasteiger partial charge in [-0.3, -0.25) is 5.73 Å².